The van der Waals surface area contributed by atoms with Crippen LogP contribution in [0.15, 0.2) is 30.3 Å². The van der Waals surface area contributed by atoms with Gasteiger partial charge in [-0.1, -0.05) is 23.8 Å². The van der Waals surface area contributed by atoms with Gasteiger partial charge >= 0.3 is 6.03 Å². The predicted octanol–water partition coefficient (Wildman–Crippen LogP) is 3.69. The molecule has 5 nitrogen and oxygen atoms in total. The molecule has 0 saturated carbocycles. The molecule has 126 valence electrons. The zero-order valence-electron chi connectivity index (χ0n) is 14.4. The largest absolute Gasteiger partial charge is 0.478 e. The number of aryl methyl sites for hydroxylation is 2. The van der Waals surface area contributed by atoms with Crippen molar-refractivity contribution in [3.63, 3.8) is 0 Å². The van der Waals surface area contributed by atoms with Crippen molar-refractivity contribution in [2.24, 2.45) is 0 Å². The zero-order valence-corrected chi connectivity index (χ0v) is 14.4. The van der Waals surface area contributed by atoms with E-state index in [9.17, 15) is 4.79 Å². The van der Waals surface area contributed by atoms with Gasteiger partial charge in [0.1, 0.15) is 0 Å². The second kappa shape index (κ2) is 6.91. The number of nitrogens with zero attached hydrogens (tertiary/aromatic N) is 2. The highest BCUT2D eigenvalue weighted by atomic mass is 16.5. The Morgan fingerprint density at radius 3 is 2.88 bits per heavy atom. The molecule has 1 aromatic heterocycles. The normalized spacial score (nSPS) is 13.4. The molecule has 0 fully saturated rings. The Balaban J connectivity index is 1.69. The van der Waals surface area contributed by atoms with E-state index in [4.69, 9.17) is 4.74 Å². The number of rotatable bonds is 3. The minimum atomic E-state index is -0.0681. The van der Waals surface area contributed by atoms with Gasteiger partial charge in [-0.3, -0.25) is 0 Å². The van der Waals surface area contributed by atoms with E-state index in [0.29, 0.717) is 25.6 Å². The van der Waals surface area contributed by atoms with Crippen LogP contribution in [0.1, 0.15) is 29.3 Å². The molecular weight excluding hydrogens is 302 g/mol. The molecule has 5 heteroatoms. The minimum Gasteiger partial charge on any atom is -0.478 e. The molecule has 0 atom stereocenters. The number of anilines is 1. The van der Waals surface area contributed by atoms with Crippen molar-refractivity contribution in [1.82, 2.24) is 9.88 Å². The molecule has 2 aromatic rings. The van der Waals surface area contributed by atoms with Crippen LogP contribution in [-0.4, -0.2) is 29.1 Å². The lowest BCUT2D eigenvalue weighted by Crippen LogP contribution is -2.39. The van der Waals surface area contributed by atoms with E-state index in [1.165, 1.54) is 5.56 Å². The lowest BCUT2D eigenvalue weighted by Gasteiger charge is -2.28. The molecule has 0 radical (unpaired) electrons. The highest BCUT2D eigenvalue weighted by Crippen LogP contribution is 2.22. The standard InChI is InChI=1S/C19H23N3O2/c1-4-24-18-8-6-15-12-22(10-9-17(15)20-18)19(23)21-16-7-5-13(2)11-14(16)3/h5-8,11H,4,9-10,12H2,1-3H3,(H,21,23). The first-order chi connectivity index (χ1) is 11.6. The Labute approximate surface area is 142 Å². The molecule has 1 aromatic carbocycles. The third-order valence-corrected chi connectivity index (χ3v) is 4.23. The fourth-order valence-electron chi connectivity index (χ4n) is 2.95. The molecule has 0 bridgehead atoms. The van der Waals surface area contributed by atoms with Gasteiger partial charge in [0.25, 0.3) is 0 Å². The maximum Gasteiger partial charge on any atom is 0.322 e. The van der Waals surface area contributed by atoms with E-state index in [2.05, 4.69) is 16.4 Å². The van der Waals surface area contributed by atoms with Crippen LogP contribution in [0, 0.1) is 13.8 Å². The summed E-state index contributed by atoms with van der Waals surface area (Å²) in [6.07, 6.45) is 0.747. The third-order valence-electron chi connectivity index (χ3n) is 4.23. The van der Waals surface area contributed by atoms with E-state index in [0.717, 1.165) is 28.9 Å². The first kappa shape index (κ1) is 16.3. The highest BCUT2D eigenvalue weighted by Gasteiger charge is 2.22. The van der Waals surface area contributed by atoms with Crippen LogP contribution >= 0.6 is 0 Å². The average molecular weight is 325 g/mol. The minimum absolute atomic E-state index is 0.0681. The summed E-state index contributed by atoms with van der Waals surface area (Å²) in [6.45, 7) is 7.84. The number of pyridine rings is 1. The molecule has 1 N–H and O–H groups in total. The molecule has 0 unspecified atom stereocenters. The number of carbonyl (C=O) groups excluding carboxylic acids is 1. The fraction of sp³-hybridized carbons (Fsp3) is 0.368. The second-order valence-corrected chi connectivity index (χ2v) is 6.11. The molecule has 2 heterocycles. The van der Waals surface area contributed by atoms with Crippen LogP contribution in [0.5, 0.6) is 5.88 Å². The number of urea groups is 1. The van der Waals surface area contributed by atoms with Gasteiger partial charge in [-0.25, -0.2) is 9.78 Å². The van der Waals surface area contributed by atoms with Gasteiger partial charge in [0.15, 0.2) is 0 Å². The van der Waals surface area contributed by atoms with Gasteiger partial charge in [0.05, 0.1) is 12.3 Å². The lowest BCUT2D eigenvalue weighted by atomic mass is 10.1. The maximum atomic E-state index is 12.6. The monoisotopic (exact) mass is 325 g/mol. The summed E-state index contributed by atoms with van der Waals surface area (Å²) in [5, 5.41) is 3.01. The second-order valence-electron chi connectivity index (χ2n) is 6.11. The van der Waals surface area contributed by atoms with Gasteiger partial charge in [0.2, 0.25) is 5.88 Å². The van der Waals surface area contributed by atoms with Gasteiger partial charge in [0, 0.05) is 31.3 Å². The van der Waals surface area contributed by atoms with E-state index < -0.39 is 0 Å². The number of benzene rings is 1. The number of hydrogen-bond acceptors (Lipinski definition) is 3. The fourth-order valence-corrected chi connectivity index (χ4v) is 2.95. The first-order valence-corrected chi connectivity index (χ1v) is 8.31. The van der Waals surface area contributed by atoms with Crippen molar-refractivity contribution < 1.29 is 9.53 Å². The summed E-state index contributed by atoms with van der Waals surface area (Å²) in [4.78, 5) is 18.9. The Bertz CT molecular complexity index is 758. The lowest BCUT2D eigenvalue weighted by molar-refractivity contribution is 0.205. The molecule has 3 rings (SSSR count). The van der Waals surface area contributed by atoms with Crippen molar-refractivity contribution >= 4 is 11.7 Å². The number of nitrogens with one attached hydrogen (secondary N) is 1. The third kappa shape index (κ3) is 3.50. The number of aromatic nitrogens is 1. The van der Waals surface area contributed by atoms with Crippen LogP contribution in [0.3, 0.4) is 0 Å². The molecule has 24 heavy (non-hydrogen) atoms. The molecule has 1 aliphatic heterocycles. The predicted molar refractivity (Wildman–Crippen MR) is 94.5 cm³/mol. The molecule has 2 amide bonds. The van der Waals surface area contributed by atoms with Gasteiger partial charge in [-0.05, 0) is 38.0 Å². The Morgan fingerprint density at radius 1 is 1.29 bits per heavy atom. The van der Waals surface area contributed by atoms with E-state index in [-0.39, 0.29) is 6.03 Å². The van der Waals surface area contributed by atoms with Crippen LogP contribution in [0.25, 0.3) is 0 Å². The van der Waals surface area contributed by atoms with Crippen molar-refractivity contribution in [3.8, 4) is 5.88 Å². The molecular formula is C19H23N3O2. The van der Waals surface area contributed by atoms with Crippen molar-refractivity contribution in [1.29, 1.82) is 0 Å². The Kier molecular flexibility index (Phi) is 4.69. The smallest absolute Gasteiger partial charge is 0.322 e. The highest BCUT2D eigenvalue weighted by molar-refractivity contribution is 5.90. The number of amides is 2. The summed E-state index contributed by atoms with van der Waals surface area (Å²) >= 11 is 0. The van der Waals surface area contributed by atoms with Crippen LogP contribution in [0.2, 0.25) is 0 Å². The van der Waals surface area contributed by atoms with Crippen molar-refractivity contribution in [2.75, 3.05) is 18.5 Å². The Morgan fingerprint density at radius 2 is 2.12 bits per heavy atom. The van der Waals surface area contributed by atoms with Crippen LogP contribution in [-0.2, 0) is 13.0 Å². The van der Waals surface area contributed by atoms with Crippen molar-refractivity contribution in [3.05, 3.63) is 52.7 Å². The summed E-state index contributed by atoms with van der Waals surface area (Å²) in [7, 11) is 0. The first-order valence-electron chi connectivity index (χ1n) is 8.31. The SMILES string of the molecule is CCOc1ccc2c(n1)CCN(C(=O)Nc1ccc(C)cc1C)C2. The molecule has 0 saturated heterocycles. The molecule has 1 aliphatic rings. The van der Waals surface area contributed by atoms with Crippen LogP contribution in [0.4, 0.5) is 10.5 Å². The number of fused-ring (bicyclic) bond motifs is 1. The Hall–Kier alpha value is -2.56. The van der Waals surface area contributed by atoms with E-state index in [1.54, 1.807) is 0 Å². The average Bonchev–Trinajstić information content (AvgIpc) is 2.57. The topological polar surface area (TPSA) is 54.5 Å². The molecule has 0 spiro atoms. The number of ether oxygens (including phenoxy) is 1. The number of hydrogen-bond donors (Lipinski definition) is 1. The van der Waals surface area contributed by atoms with Crippen LogP contribution < -0.4 is 10.1 Å². The summed E-state index contributed by atoms with van der Waals surface area (Å²) < 4.78 is 5.44. The van der Waals surface area contributed by atoms with E-state index in [1.807, 2.05) is 49.9 Å². The quantitative estimate of drug-likeness (QED) is 0.936. The zero-order chi connectivity index (χ0) is 17.1. The summed E-state index contributed by atoms with van der Waals surface area (Å²) in [5.74, 6) is 0.657. The molecule has 0 aliphatic carbocycles. The number of carbonyl (C=O) groups is 1. The maximum absolute atomic E-state index is 12.6. The summed E-state index contributed by atoms with van der Waals surface area (Å²) in [5.41, 5.74) is 5.23. The van der Waals surface area contributed by atoms with Crippen molar-refractivity contribution in [2.45, 2.75) is 33.7 Å². The van der Waals surface area contributed by atoms with Gasteiger partial charge in [-0.2, -0.15) is 0 Å². The van der Waals surface area contributed by atoms with Gasteiger partial charge in [-0.15, -0.1) is 0 Å². The summed E-state index contributed by atoms with van der Waals surface area (Å²) in [6, 6.07) is 9.84. The van der Waals surface area contributed by atoms with E-state index >= 15 is 0 Å². The van der Waals surface area contributed by atoms with Gasteiger partial charge < -0.3 is 15.0 Å².